The van der Waals surface area contributed by atoms with Crippen LogP contribution >= 0.6 is 15.9 Å². The molecule has 1 aromatic rings. The first-order chi connectivity index (χ1) is 4.72. The van der Waals surface area contributed by atoms with Gasteiger partial charge in [0, 0.05) is 17.1 Å². The zero-order chi connectivity index (χ0) is 7.56. The zero-order valence-corrected chi connectivity index (χ0v) is 6.85. The maximum atomic E-state index is 9.02. The highest BCUT2D eigenvalue weighted by Gasteiger charge is 1.95. The number of rotatable bonds is 1. The third-order valence-electron chi connectivity index (χ3n) is 1.10. The van der Waals surface area contributed by atoms with Crippen molar-refractivity contribution in [3.63, 3.8) is 0 Å². The fourth-order valence-electron chi connectivity index (χ4n) is 0.686. The standard InChI is InChI=1S/C7H7BrNO/c8-6-1-5(4-9)2-7(10)3-6/h2-3,10H,4,9H2. The second-order valence-corrected chi connectivity index (χ2v) is 2.77. The number of hydrogen-bond acceptors (Lipinski definition) is 2. The first-order valence-corrected chi connectivity index (χ1v) is 3.62. The zero-order valence-electron chi connectivity index (χ0n) is 5.26. The van der Waals surface area contributed by atoms with E-state index in [-0.39, 0.29) is 5.75 Å². The molecule has 3 heteroatoms. The number of phenols is 1. The average Bonchev–Trinajstić information content (AvgIpc) is 1.85. The van der Waals surface area contributed by atoms with Crippen molar-refractivity contribution in [1.29, 1.82) is 0 Å². The van der Waals surface area contributed by atoms with E-state index in [1.807, 2.05) is 0 Å². The minimum atomic E-state index is 0.214. The van der Waals surface area contributed by atoms with Gasteiger partial charge in [-0.15, -0.1) is 0 Å². The van der Waals surface area contributed by atoms with Crippen molar-refractivity contribution in [3.05, 3.63) is 28.2 Å². The van der Waals surface area contributed by atoms with Gasteiger partial charge in [-0.25, -0.2) is 0 Å². The molecule has 0 aliphatic heterocycles. The lowest BCUT2D eigenvalue weighted by Gasteiger charge is -1.97. The molecule has 1 radical (unpaired) electrons. The summed E-state index contributed by atoms with van der Waals surface area (Å²) in [6, 6.07) is 6.09. The molecule has 0 fully saturated rings. The molecule has 2 nitrogen and oxygen atoms in total. The number of aromatic hydroxyl groups is 1. The van der Waals surface area contributed by atoms with Gasteiger partial charge < -0.3 is 10.8 Å². The Kier molecular flexibility index (Phi) is 2.29. The normalized spacial score (nSPS) is 9.80. The quantitative estimate of drug-likeness (QED) is 0.721. The van der Waals surface area contributed by atoms with Crippen LogP contribution in [0.3, 0.4) is 0 Å². The summed E-state index contributed by atoms with van der Waals surface area (Å²) < 4.78 is 0.730. The summed E-state index contributed by atoms with van der Waals surface area (Å²) >= 11 is 3.18. The Labute approximate surface area is 67.8 Å². The molecule has 0 aliphatic carbocycles. The van der Waals surface area contributed by atoms with Crippen LogP contribution in [0.25, 0.3) is 0 Å². The predicted octanol–water partition coefficient (Wildman–Crippen LogP) is 1.41. The van der Waals surface area contributed by atoms with E-state index in [1.165, 1.54) is 0 Å². The molecular formula is C7H7BrNO. The van der Waals surface area contributed by atoms with Crippen molar-refractivity contribution in [3.8, 4) is 5.75 Å². The van der Waals surface area contributed by atoms with E-state index in [1.54, 1.807) is 12.1 Å². The Morgan fingerprint density at radius 2 is 2.30 bits per heavy atom. The molecule has 0 unspecified atom stereocenters. The molecule has 53 valence electrons. The van der Waals surface area contributed by atoms with Gasteiger partial charge in [-0.05, 0) is 17.7 Å². The van der Waals surface area contributed by atoms with Gasteiger partial charge in [0.05, 0.1) is 0 Å². The predicted molar refractivity (Wildman–Crippen MR) is 42.5 cm³/mol. The third kappa shape index (κ3) is 1.72. The molecule has 0 aliphatic rings. The van der Waals surface area contributed by atoms with Crippen LogP contribution in [0.4, 0.5) is 0 Å². The molecule has 0 atom stereocenters. The lowest BCUT2D eigenvalue weighted by molar-refractivity contribution is 0.474. The number of benzene rings is 1. The van der Waals surface area contributed by atoms with E-state index >= 15 is 0 Å². The molecule has 0 saturated carbocycles. The van der Waals surface area contributed by atoms with Gasteiger partial charge in [0.1, 0.15) is 5.75 Å². The minimum Gasteiger partial charge on any atom is -0.508 e. The molecule has 0 saturated heterocycles. The maximum Gasteiger partial charge on any atom is 0.117 e. The Morgan fingerprint density at radius 3 is 2.80 bits per heavy atom. The van der Waals surface area contributed by atoms with E-state index in [0.29, 0.717) is 6.54 Å². The summed E-state index contributed by atoms with van der Waals surface area (Å²) in [4.78, 5) is 0. The Hall–Kier alpha value is -0.540. The number of phenolic OH excluding ortho intramolecular Hbond substituents is 1. The van der Waals surface area contributed by atoms with Crippen molar-refractivity contribution in [1.82, 2.24) is 0 Å². The number of nitrogens with two attached hydrogens (primary N) is 1. The first kappa shape index (κ1) is 7.57. The van der Waals surface area contributed by atoms with E-state index in [2.05, 4.69) is 22.0 Å². The van der Waals surface area contributed by atoms with Gasteiger partial charge in [-0.2, -0.15) is 0 Å². The van der Waals surface area contributed by atoms with E-state index < -0.39 is 0 Å². The van der Waals surface area contributed by atoms with Crippen LogP contribution in [-0.2, 0) is 6.54 Å². The van der Waals surface area contributed by atoms with Crippen molar-refractivity contribution < 1.29 is 5.11 Å². The summed E-state index contributed by atoms with van der Waals surface area (Å²) in [5.74, 6) is 0.214. The highest BCUT2D eigenvalue weighted by molar-refractivity contribution is 9.10. The second-order valence-electron chi connectivity index (χ2n) is 1.92. The molecule has 0 bridgehead atoms. The van der Waals surface area contributed by atoms with Gasteiger partial charge >= 0.3 is 0 Å². The van der Waals surface area contributed by atoms with Gasteiger partial charge in [0.15, 0.2) is 0 Å². The highest BCUT2D eigenvalue weighted by Crippen LogP contribution is 2.18. The monoisotopic (exact) mass is 200 g/mol. The van der Waals surface area contributed by atoms with Crippen LogP contribution in [0.2, 0.25) is 0 Å². The molecular weight excluding hydrogens is 194 g/mol. The smallest absolute Gasteiger partial charge is 0.117 e. The number of halogens is 1. The van der Waals surface area contributed by atoms with Gasteiger partial charge in [0.25, 0.3) is 0 Å². The Bertz CT molecular complexity index is 217. The molecule has 0 heterocycles. The first-order valence-electron chi connectivity index (χ1n) is 2.83. The van der Waals surface area contributed by atoms with Gasteiger partial charge in [-0.1, -0.05) is 15.9 Å². The number of hydrogen-bond donors (Lipinski definition) is 2. The molecule has 10 heavy (non-hydrogen) atoms. The summed E-state index contributed by atoms with van der Waals surface area (Å²) in [6.45, 7) is 0.396. The molecule has 1 rings (SSSR count). The van der Waals surface area contributed by atoms with Crippen LogP contribution in [0.1, 0.15) is 5.56 Å². The van der Waals surface area contributed by atoms with E-state index in [0.717, 1.165) is 10.0 Å². The lowest BCUT2D eigenvalue weighted by Crippen LogP contribution is -1.95. The molecule has 1 aromatic carbocycles. The molecule has 3 N–H and O–H groups in total. The SMILES string of the molecule is NCc1[c]c(Br)cc(O)c1. The van der Waals surface area contributed by atoms with Crippen LogP contribution in [0, 0.1) is 6.07 Å². The van der Waals surface area contributed by atoms with Crippen LogP contribution in [0.5, 0.6) is 5.75 Å². The molecule has 0 spiro atoms. The average molecular weight is 201 g/mol. The van der Waals surface area contributed by atoms with Crippen molar-refractivity contribution in [2.24, 2.45) is 5.73 Å². The largest absolute Gasteiger partial charge is 0.508 e. The third-order valence-corrected chi connectivity index (χ3v) is 1.52. The highest BCUT2D eigenvalue weighted by atomic mass is 79.9. The Balaban J connectivity index is 3.06. The summed E-state index contributed by atoms with van der Waals surface area (Å²) in [5.41, 5.74) is 6.12. The fourth-order valence-corrected chi connectivity index (χ4v) is 1.17. The summed E-state index contributed by atoms with van der Waals surface area (Å²) in [5, 5.41) is 9.02. The second kappa shape index (κ2) is 3.03. The van der Waals surface area contributed by atoms with Crippen molar-refractivity contribution in [2.75, 3.05) is 0 Å². The molecule has 0 aromatic heterocycles. The topological polar surface area (TPSA) is 46.2 Å². The minimum absolute atomic E-state index is 0.214. The van der Waals surface area contributed by atoms with Crippen LogP contribution in [0.15, 0.2) is 16.6 Å². The van der Waals surface area contributed by atoms with Gasteiger partial charge in [0.2, 0.25) is 0 Å². The van der Waals surface area contributed by atoms with Crippen molar-refractivity contribution >= 4 is 15.9 Å². The lowest BCUT2D eigenvalue weighted by atomic mass is 10.2. The Morgan fingerprint density at radius 1 is 1.60 bits per heavy atom. The van der Waals surface area contributed by atoms with Crippen LogP contribution in [-0.4, -0.2) is 5.11 Å². The van der Waals surface area contributed by atoms with E-state index in [9.17, 15) is 0 Å². The maximum absolute atomic E-state index is 9.02. The summed E-state index contributed by atoms with van der Waals surface area (Å²) in [6.07, 6.45) is 0. The fraction of sp³-hybridized carbons (Fsp3) is 0.143. The van der Waals surface area contributed by atoms with E-state index in [4.69, 9.17) is 10.8 Å². The van der Waals surface area contributed by atoms with Crippen molar-refractivity contribution in [2.45, 2.75) is 6.54 Å². The van der Waals surface area contributed by atoms with Crippen LogP contribution < -0.4 is 5.73 Å². The molecule has 0 amide bonds. The van der Waals surface area contributed by atoms with Gasteiger partial charge in [-0.3, -0.25) is 0 Å². The summed E-state index contributed by atoms with van der Waals surface area (Å²) in [7, 11) is 0.